The van der Waals surface area contributed by atoms with Crippen LogP contribution in [0.1, 0.15) is 25.1 Å². The second-order valence-corrected chi connectivity index (χ2v) is 8.82. The van der Waals surface area contributed by atoms with Crippen molar-refractivity contribution in [2.75, 3.05) is 26.3 Å². The van der Waals surface area contributed by atoms with Gasteiger partial charge in [-0.2, -0.15) is 0 Å². The zero-order chi connectivity index (χ0) is 15.3. The molecule has 0 saturated carbocycles. The Hall–Kier alpha value is -0.470. The molecule has 0 aliphatic carbocycles. The van der Waals surface area contributed by atoms with E-state index in [1.54, 1.807) is 6.07 Å². The number of hydrogen-bond acceptors (Lipinski definition) is 5. The van der Waals surface area contributed by atoms with E-state index < -0.39 is 10.0 Å². The van der Waals surface area contributed by atoms with Crippen LogP contribution in [0.2, 0.25) is 0 Å². The molecule has 0 bridgehead atoms. The summed E-state index contributed by atoms with van der Waals surface area (Å²) in [6, 6.07) is 4.05. The van der Waals surface area contributed by atoms with Crippen molar-refractivity contribution in [3.05, 3.63) is 17.0 Å². The standard InChI is InChI=1S/C14H24N2O3S2/c1-11(2)15-7-5-13-3-4-14(20-13)21(17,18)16-9-12-6-8-19-10-12/h3-4,11-12,15-16H,5-10H2,1-2H3. The van der Waals surface area contributed by atoms with Crippen LogP contribution in [0.5, 0.6) is 0 Å². The Bertz CT molecular complexity index is 534. The van der Waals surface area contributed by atoms with Crippen LogP contribution in [0, 0.1) is 5.92 Å². The molecule has 2 heterocycles. The maximum atomic E-state index is 12.2. The molecule has 0 amide bonds. The van der Waals surface area contributed by atoms with Gasteiger partial charge in [-0.25, -0.2) is 13.1 Å². The number of sulfonamides is 1. The lowest BCUT2D eigenvalue weighted by Gasteiger charge is -2.09. The molecule has 1 fully saturated rings. The minimum Gasteiger partial charge on any atom is -0.381 e. The van der Waals surface area contributed by atoms with Crippen molar-refractivity contribution < 1.29 is 13.2 Å². The van der Waals surface area contributed by atoms with Gasteiger partial charge in [0.1, 0.15) is 4.21 Å². The Kier molecular flexibility index (Phi) is 6.19. The second-order valence-electron chi connectivity index (χ2n) is 5.66. The Morgan fingerprint density at radius 2 is 2.24 bits per heavy atom. The molecule has 1 aliphatic rings. The third kappa shape index (κ3) is 5.34. The molecule has 1 aromatic rings. The summed E-state index contributed by atoms with van der Waals surface area (Å²) in [4.78, 5) is 1.09. The predicted octanol–water partition coefficient (Wildman–Crippen LogP) is 1.60. The normalized spacial score (nSPS) is 19.5. The van der Waals surface area contributed by atoms with E-state index in [1.165, 1.54) is 11.3 Å². The first kappa shape index (κ1) is 16.9. The van der Waals surface area contributed by atoms with E-state index >= 15 is 0 Å². The van der Waals surface area contributed by atoms with Gasteiger partial charge in [0, 0.05) is 30.6 Å². The van der Waals surface area contributed by atoms with Crippen LogP contribution >= 0.6 is 11.3 Å². The molecule has 0 aromatic carbocycles. The Morgan fingerprint density at radius 3 is 2.90 bits per heavy atom. The molecule has 1 atom stereocenters. The van der Waals surface area contributed by atoms with Crippen LogP contribution in [0.3, 0.4) is 0 Å². The van der Waals surface area contributed by atoms with Crippen LogP contribution in [0.25, 0.3) is 0 Å². The summed E-state index contributed by atoms with van der Waals surface area (Å²) in [6.45, 7) is 6.91. The quantitative estimate of drug-likeness (QED) is 0.759. The maximum absolute atomic E-state index is 12.2. The van der Waals surface area contributed by atoms with Gasteiger partial charge in [-0.05, 0) is 30.9 Å². The van der Waals surface area contributed by atoms with E-state index in [0.29, 0.717) is 29.3 Å². The third-order valence-corrected chi connectivity index (χ3v) is 6.47. The van der Waals surface area contributed by atoms with Gasteiger partial charge in [-0.1, -0.05) is 13.8 Å². The Labute approximate surface area is 131 Å². The van der Waals surface area contributed by atoms with E-state index in [9.17, 15) is 8.42 Å². The molecule has 1 aliphatic heterocycles. The van der Waals surface area contributed by atoms with Gasteiger partial charge in [0.25, 0.3) is 0 Å². The summed E-state index contributed by atoms with van der Waals surface area (Å²) in [5, 5.41) is 3.33. The zero-order valence-electron chi connectivity index (χ0n) is 12.6. The van der Waals surface area contributed by atoms with Gasteiger partial charge >= 0.3 is 0 Å². The lowest BCUT2D eigenvalue weighted by Crippen LogP contribution is -2.29. The molecule has 7 heteroatoms. The molecule has 2 rings (SSSR count). The van der Waals surface area contributed by atoms with Gasteiger partial charge in [0.2, 0.25) is 10.0 Å². The van der Waals surface area contributed by atoms with Gasteiger partial charge in [0.05, 0.1) is 6.61 Å². The topological polar surface area (TPSA) is 67.4 Å². The second kappa shape index (κ2) is 7.69. The molecule has 5 nitrogen and oxygen atoms in total. The molecule has 2 N–H and O–H groups in total. The fourth-order valence-electron chi connectivity index (χ4n) is 2.16. The molecular formula is C14H24N2O3S2. The first-order valence-corrected chi connectivity index (χ1v) is 9.67. The lowest BCUT2D eigenvalue weighted by molar-refractivity contribution is 0.186. The fraction of sp³-hybridized carbons (Fsp3) is 0.714. The van der Waals surface area contributed by atoms with Gasteiger partial charge < -0.3 is 10.1 Å². The van der Waals surface area contributed by atoms with Crippen molar-refractivity contribution >= 4 is 21.4 Å². The Morgan fingerprint density at radius 1 is 1.43 bits per heavy atom. The molecule has 1 aromatic heterocycles. The van der Waals surface area contributed by atoms with Gasteiger partial charge in [0.15, 0.2) is 0 Å². The highest BCUT2D eigenvalue weighted by Crippen LogP contribution is 2.22. The van der Waals surface area contributed by atoms with Crippen LogP contribution in [0.4, 0.5) is 0 Å². The summed E-state index contributed by atoms with van der Waals surface area (Å²) in [5.41, 5.74) is 0. The number of thiophene rings is 1. The lowest BCUT2D eigenvalue weighted by atomic mass is 10.1. The smallest absolute Gasteiger partial charge is 0.250 e. The summed E-state index contributed by atoms with van der Waals surface area (Å²) < 4.78 is 32.8. The number of nitrogens with one attached hydrogen (secondary N) is 2. The monoisotopic (exact) mass is 332 g/mol. The molecule has 21 heavy (non-hydrogen) atoms. The van der Waals surface area contributed by atoms with E-state index in [1.807, 2.05) is 6.07 Å². The fourth-order valence-corrected chi connectivity index (χ4v) is 4.68. The van der Waals surface area contributed by atoms with Gasteiger partial charge in [-0.15, -0.1) is 11.3 Å². The largest absolute Gasteiger partial charge is 0.381 e. The Balaban J connectivity index is 1.86. The highest BCUT2D eigenvalue weighted by molar-refractivity contribution is 7.91. The number of ether oxygens (including phenoxy) is 1. The van der Waals surface area contributed by atoms with Crippen LogP contribution in [-0.2, 0) is 21.2 Å². The van der Waals surface area contributed by atoms with E-state index in [-0.39, 0.29) is 0 Å². The summed E-state index contributed by atoms with van der Waals surface area (Å²) in [7, 11) is -3.38. The molecule has 1 saturated heterocycles. The SMILES string of the molecule is CC(C)NCCc1ccc(S(=O)(=O)NCC2CCOC2)s1. The highest BCUT2D eigenvalue weighted by Gasteiger charge is 2.21. The number of hydrogen-bond donors (Lipinski definition) is 2. The average molecular weight is 332 g/mol. The van der Waals surface area contributed by atoms with Crippen molar-refractivity contribution in [3.8, 4) is 0 Å². The zero-order valence-corrected chi connectivity index (χ0v) is 14.2. The van der Waals surface area contributed by atoms with E-state index in [4.69, 9.17) is 4.74 Å². The highest BCUT2D eigenvalue weighted by atomic mass is 32.2. The summed E-state index contributed by atoms with van der Waals surface area (Å²) in [5.74, 6) is 0.300. The van der Waals surface area contributed by atoms with Gasteiger partial charge in [-0.3, -0.25) is 0 Å². The van der Waals surface area contributed by atoms with Crippen LogP contribution in [0.15, 0.2) is 16.3 Å². The minimum absolute atomic E-state index is 0.300. The summed E-state index contributed by atoms with van der Waals surface area (Å²) >= 11 is 1.35. The van der Waals surface area contributed by atoms with E-state index in [2.05, 4.69) is 23.9 Å². The van der Waals surface area contributed by atoms with Crippen LogP contribution in [-0.4, -0.2) is 40.8 Å². The molecule has 0 radical (unpaired) electrons. The van der Waals surface area contributed by atoms with Crippen molar-refractivity contribution in [1.29, 1.82) is 0 Å². The van der Waals surface area contributed by atoms with Crippen molar-refractivity contribution in [2.45, 2.75) is 36.9 Å². The summed E-state index contributed by atoms with van der Waals surface area (Å²) in [6.07, 6.45) is 1.79. The maximum Gasteiger partial charge on any atom is 0.250 e. The minimum atomic E-state index is -3.38. The predicted molar refractivity (Wildman–Crippen MR) is 85.3 cm³/mol. The van der Waals surface area contributed by atoms with E-state index in [0.717, 1.165) is 30.9 Å². The van der Waals surface area contributed by atoms with Crippen molar-refractivity contribution in [3.63, 3.8) is 0 Å². The number of rotatable bonds is 8. The first-order chi connectivity index (χ1) is 9.97. The molecular weight excluding hydrogens is 308 g/mol. The van der Waals surface area contributed by atoms with Crippen molar-refractivity contribution in [2.24, 2.45) is 5.92 Å². The van der Waals surface area contributed by atoms with Crippen molar-refractivity contribution in [1.82, 2.24) is 10.0 Å². The molecule has 0 spiro atoms. The average Bonchev–Trinajstić information content (AvgIpc) is 3.07. The molecule has 120 valence electrons. The van der Waals surface area contributed by atoms with Crippen LogP contribution < -0.4 is 10.0 Å². The third-order valence-electron chi connectivity index (χ3n) is 3.41. The molecule has 1 unspecified atom stereocenters. The first-order valence-electron chi connectivity index (χ1n) is 7.37.